The monoisotopic (exact) mass is 342 g/mol. The fourth-order valence-corrected chi connectivity index (χ4v) is 5.10. The minimum absolute atomic E-state index is 0.506. The third-order valence-electron chi connectivity index (χ3n) is 7.26. The maximum absolute atomic E-state index is 5.49. The molecule has 1 saturated carbocycles. The number of morpholine rings is 1. The van der Waals surface area contributed by atoms with Crippen LogP contribution in [0.3, 0.4) is 0 Å². The van der Waals surface area contributed by atoms with Gasteiger partial charge in [-0.2, -0.15) is 0 Å². The molecule has 1 saturated heterocycles. The molecule has 3 nitrogen and oxygen atoms in total. The van der Waals surface area contributed by atoms with Crippen LogP contribution in [0.5, 0.6) is 0 Å². The molecule has 2 fully saturated rings. The third kappa shape index (κ3) is 3.79. The van der Waals surface area contributed by atoms with Crippen LogP contribution in [0.4, 0.5) is 0 Å². The second kappa shape index (κ2) is 7.38. The quantitative estimate of drug-likeness (QED) is 0.815. The highest BCUT2D eigenvalue weighted by Crippen LogP contribution is 2.53. The number of benzene rings is 1. The minimum Gasteiger partial charge on any atom is -0.379 e. The van der Waals surface area contributed by atoms with E-state index in [1.165, 1.54) is 38.9 Å². The van der Waals surface area contributed by atoms with Crippen molar-refractivity contribution in [2.45, 2.75) is 39.7 Å². The number of ether oxygens (including phenoxy) is 1. The maximum atomic E-state index is 5.49. The van der Waals surface area contributed by atoms with Crippen LogP contribution in [0, 0.1) is 17.3 Å². The Hall–Kier alpha value is -0.900. The van der Waals surface area contributed by atoms with Gasteiger partial charge in [0, 0.05) is 32.7 Å². The van der Waals surface area contributed by atoms with Crippen LogP contribution in [0.25, 0.3) is 0 Å². The molecular weight excluding hydrogens is 308 g/mol. The molecule has 2 atom stereocenters. The fourth-order valence-electron chi connectivity index (χ4n) is 5.10. The van der Waals surface area contributed by atoms with Gasteiger partial charge in [-0.3, -0.25) is 9.80 Å². The highest BCUT2D eigenvalue weighted by atomic mass is 16.5. The summed E-state index contributed by atoms with van der Waals surface area (Å²) in [6.45, 7) is 14.1. The fraction of sp³-hybridized carbons (Fsp3) is 0.727. The number of hydrogen-bond donors (Lipinski definition) is 0. The Bertz CT molecular complexity index is 579. The van der Waals surface area contributed by atoms with Crippen molar-refractivity contribution in [2.24, 2.45) is 17.3 Å². The van der Waals surface area contributed by atoms with Crippen LogP contribution >= 0.6 is 0 Å². The summed E-state index contributed by atoms with van der Waals surface area (Å²) >= 11 is 0. The first-order chi connectivity index (χ1) is 12.1. The van der Waals surface area contributed by atoms with Crippen LogP contribution in [0.2, 0.25) is 0 Å². The average Bonchev–Trinajstić information content (AvgIpc) is 2.64. The zero-order valence-electron chi connectivity index (χ0n) is 16.0. The molecule has 0 radical (unpaired) electrons. The van der Waals surface area contributed by atoms with E-state index < -0.39 is 0 Å². The number of fused-ring (bicyclic) bond motifs is 1. The maximum Gasteiger partial charge on any atom is 0.0594 e. The third-order valence-corrected chi connectivity index (χ3v) is 7.26. The lowest BCUT2D eigenvalue weighted by Gasteiger charge is -2.54. The van der Waals surface area contributed by atoms with E-state index in [0.29, 0.717) is 5.41 Å². The molecule has 3 aliphatic rings. The Labute approximate surface area is 153 Å². The normalized spacial score (nSPS) is 29.8. The predicted octanol–water partition coefficient (Wildman–Crippen LogP) is 3.43. The Morgan fingerprint density at radius 3 is 2.52 bits per heavy atom. The second-order valence-electron chi connectivity index (χ2n) is 8.95. The minimum atomic E-state index is 0.506. The number of hydrogen-bond acceptors (Lipinski definition) is 3. The Morgan fingerprint density at radius 2 is 1.76 bits per heavy atom. The van der Waals surface area contributed by atoms with Crippen LogP contribution in [0.1, 0.15) is 37.8 Å². The SMILES string of the molecule is CC1(C)C(CCN2CCc3ccccc3C2)CC1CN1CCOCC1. The molecule has 0 amide bonds. The molecule has 2 unspecified atom stereocenters. The molecule has 4 rings (SSSR count). The predicted molar refractivity (Wildman–Crippen MR) is 103 cm³/mol. The standard InChI is InChI=1S/C22H34N2O/c1-22(2)20(15-21(22)17-24-11-13-25-14-12-24)8-10-23-9-7-18-5-3-4-6-19(18)16-23/h3-6,20-21H,7-17H2,1-2H3. The van der Waals surface area contributed by atoms with Crippen LogP contribution < -0.4 is 0 Å². The highest BCUT2D eigenvalue weighted by Gasteiger charge is 2.47. The van der Waals surface area contributed by atoms with Crippen molar-refractivity contribution in [3.63, 3.8) is 0 Å². The molecule has 2 aliphatic heterocycles. The molecule has 0 spiro atoms. The van der Waals surface area contributed by atoms with E-state index in [1.54, 1.807) is 11.1 Å². The van der Waals surface area contributed by atoms with Gasteiger partial charge in [0.05, 0.1) is 13.2 Å². The largest absolute Gasteiger partial charge is 0.379 e. The van der Waals surface area contributed by atoms with Gasteiger partial charge in [-0.1, -0.05) is 38.1 Å². The van der Waals surface area contributed by atoms with Gasteiger partial charge in [0.1, 0.15) is 0 Å². The molecule has 1 aromatic carbocycles. The zero-order chi connectivity index (χ0) is 17.3. The first-order valence-electron chi connectivity index (χ1n) is 10.2. The lowest BCUT2D eigenvalue weighted by Crippen LogP contribution is -2.52. The highest BCUT2D eigenvalue weighted by molar-refractivity contribution is 5.29. The van der Waals surface area contributed by atoms with Gasteiger partial charge >= 0.3 is 0 Å². The molecule has 0 N–H and O–H groups in total. The first-order valence-corrected chi connectivity index (χ1v) is 10.2. The van der Waals surface area contributed by atoms with E-state index in [-0.39, 0.29) is 0 Å². The van der Waals surface area contributed by atoms with Gasteiger partial charge in [-0.15, -0.1) is 0 Å². The molecule has 138 valence electrons. The van der Waals surface area contributed by atoms with E-state index >= 15 is 0 Å². The second-order valence-corrected chi connectivity index (χ2v) is 8.95. The summed E-state index contributed by atoms with van der Waals surface area (Å²) in [5.74, 6) is 1.77. The lowest BCUT2D eigenvalue weighted by atomic mass is 9.53. The molecule has 2 heterocycles. The van der Waals surface area contributed by atoms with Crippen molar-refractivity contribution in [1.29, 1.82) is 0 Å². The van der Waals surface area contributed by atoms with Crippen LogP contribution in [-0.4, -0.2) is 55.7 Å². The van der Waals surface area contributed by atoms with Crippen molar-refractivity contribution in [3.8, 4) is 0 Å². The summed E-state index contributed by atoms with van der Waals surface area (Å²) in [6.07, 6.45) is 4.02. The average molecular weight is 343 g/mol. The van der Waals surface area contributed by atoms with Crippen molar-refractivity contribution < 1.29 is 4.74 Å². The van der Waals surface area contributed by atoms with Gasteiger partial charge in [-0.25, -0.2) is 0 Å². The topological polar surface area (TPSA) is 15.7 Å². The molecule has 25 heavy (non-hydrogen) atoms. The van der Waals surface area contributed by atoms with Gasteiger partial charge in [0.2, 0.25) is 0 Å². The molecular formula is C22H34N2O. The first kappa shape index (κ1) is 17.5. The number of rotatable bonds is 5. The lowest BCUT2D eigenvalue weighted by molar-refractivity contribution is -0.0631. The molecule has 0 bridgehead atoms. The molecule has 3 heteroatoms. The van der Waals surface area contributed by atoms with E-state index in [9.17, 15) is 0 Å². The Kier molecular flexibility index (Phi) is 5.17. The van der Waals surface area contributed by atoms with Crippen LogP contribution in [0.15, 0.2) is 24.3 Å². The van der Waals surface area contributed by atoms with Crippen molar-refractivity contribution in [2.75, 3.05) is 45.9 Å². The van der Waals surface area contributed by atoms with Crippen molar-refractivity contribution in [3.05, 3.63) is 35.4 Å². The van der Waals surface area contributed by atoms with Crippen LogP contribution in [-0.2, 0) is 17.7 Å². The van der Waals surface area contributed by atoms with E-state index in [2.05, 4.69) is 47.9 Å². The molecule has 1 aromatic rings. The smallest absolute Gasteiger partial charge is 0.0594 e. The summed E-state index contributed by atoms with van der Waals surface area (Å²) in [5, 5.41) is 0. The molecule has 0 aromatic heterocycles. The van der Waals surface area contributed by atoms with Gasteiger partial charge in [0.15, 0.2) is 0 Å². The Balaban J connectivity index is 1.24. The number of nitrogens with zero attached hydrogens (tertiary/aromatic N) is 2. The summed E-state index contributed by atoms with van der Waals surface area (Å²) in [6, 6.07) is 8.98. The van der Waals surface area contributed by atoms with E-state index in [1.807, 2.05) is 0 Å². The van der Waals surface area contributed by atoms with Crippen molar-refractivity contribution >= 4 is 0 Å². The van der Waals surface area contributed by atoms with E-state index in [0.717, 1.165) is 44.7 Å². The molecule has 1 aliphatic carbocycles. The van der Waals surface area contributed by atoms with Gasteiger partial charge in [0.25, 0.3) is 0 Å². The summed E-state index contributed by atoms with van der Waals surface area (Å²) in [7, 11) is 0. The van der Waals surface area contributed by atoms with Crippen molar-refractivity contribution in [1.82, 2.24) is 9.80 Å². The van der Waals surface area contributed by atoms with E-state index in [4.69, 9.17) is 4.74 Å². The summed E-state index contributed by atoms with van der Waals surface area (Å²) < 4.78 is 5.49. The van der Waals surface area contributed by atoms with Gasteiger partial charge < -0.3 is 4.74 Å². The summed E-state index contributed by atoms with van der Waals surface area (Å²) in [4.78, 5) is 5.29. The zero-order valence-corrected chi connectivity index (χ0v) is 16.0. The Morgan fingerprint density at radius 1 is 1.00 bits per heavy atom. The van der Waals surface area contributed by atoms with Gasteiger partial charge in [-0.05, 0) is 54.2 Å². The summed E-state index contributed by atoms with van der Waals surface area (Å²) in [5.41, 5.74) is 3.62.